The van der Waals surface area contributed by atoms with E-state index in [9.17, 15) is 9.59 Å². The number of halogens is 1. The molecule has 2 N–H and O–H groups in total. The van der Waals surface area contributed by atoms with E-state index in [4.69, 9.17) is 11.6 Å². The molecule has 2 aliphatic rings. The van der Waals surface area contributed by atoms with Crippen molar-refractivity contribution in [2.75, 3.05) is 18.4 Å². The molecule has 2 atom stereocenters. The predicted octanol–water partition coefficient (Wildman–Crippen LogP) is 2.39. The molecular weight excluding hydrogens is 290 g/mol. The van der Waals surface area contributed by atoms with E-state index in [2.05, 4.69) is 10.6 Å². The summed E-state index contributed by atoms with van der Waals surface area (Å²) < 4.78 is 0. The number of amides is 3. The summed E-state index contributed by atoms with van der Waals surface area (Å²) in [6.45, 7) is 3.16. The minimum absolute atomic E-state index is 0.0459. The zero-order valence-corrected chi connectivity index (χ0v) is 12.6. The van der Waals surface area contributed by atoms with E-state index in [1.807, 2.05) is 19.1 Å². The monoisotopic (exact) mass is 307 g/mol. The molecule has 5 nitrogen and oxygen atoms in total. The molecule has 0 bridgehead atoms. The summed E-state index contributed by atoms with van der Waals surface area (Å²) in [5.74, 6) is -0.0103. The molecule has 0 aliphatic carbocycles. The summed E-state index contributed by atoms with van der Waals surface area (Å²) in [5.41, 5.74) is 1.65. The Kier molecular flexibility index (Phi) is 3.76. The average Bonchev–Trinajstić information content (AvgIpc) is 2.84. The Morgan fingerprint density at radius 2 is 2.29 bits per heavy atom. The lowest BCUT2D eigenvalue weighted by atomic mass is 9.92. The lowest BCUT2D eigenvalue weighted by Gasteiger charge is -2.35. The number of nitrogens with one attached hydrogen (secondary N) is 2. The first kappa shape index (κ1) is 14.2. The van der Waals surface area contributed by atoms with Crippen LogP contribution < -0.4 is 10.6 Å². The lowest BCUT2D eigenvalue weighted by Crippen LogP contribution is -2.50. The molecule has 0 spiro atoms. The van der Waals surface area contributed by atoms with E-state index in [1.54, 1.807) is 11.0 Å². The quantitative estimate of drug-likeness (QED) is 0.837. The summed E-state index contributed by atoms with van der Waals surface area (Å²) in [5, 5.41) is 6.22. The zero-order chi connectivity index (χ0) is 15.0. The van der Waals surface area contributed by atoms with E-state index in [-0.39, 0.29) is 23.9 Å². The van der Waals surface area contributed by atoms with Crippen LogP contribution in [-0.4, -0.2) is 36.0 Å². The van der Waals surface area contributed by atoms with Gasteiger partial charge in [-0.3, -0.25) is 4.79 Å². The molecule has 6 heteroatoms. The molecule has 1 aromatic rings. The number of anilines is 1. The van der Waals surface area contributed by atoms with E-state index in [0.29, 0.717) is 23.8 Å². The fourth-order valence-electron chi connectivity index (χ4n) is 3.11. The molecule has 0 aromatic heterocycles. The third kappa shape index (κ3) is 2.70. The van der Waals surface area contributed by atoms with Gasteiger partial charge in [0, 0.05) is 13.1 Å². The fourth-order valence-corrected chi connectivity index (χ4v) is 3.39. The Balaban J connectivity index is 1.74. The number of rotatable bonds is 1. The summed E-state index contributed by atoms with van der Waals surface area (Å²) >= 11 is 6.15. The van der Waals surface area contributed by atoms with Crippen molar-refractivity contribution in [2.24, 2.45) is 5.92 Å². The first-order valence-electron chi connectivity index (χ1n) is 7.18. The summed E-state index contributed by atoms with van der Waals surface area (Å²) in [6, 6.07) is 5.29. The number of urea groups is 1. The minimum atomic E-state index is -0.188. The molecule has 112 valence electrons. The highest BCUT2D eigenvalue weighted by atomic mass is 35.5. The van der Waals surface area contributed by atoms with Crippen molar-refractivity contribution >= 4 is 29.2 Å². The van der Waals surface area contributed by atoms with Crippen molar-refractivity contribution in [3.05, 3.63) is 28.8 Å². The predicted molar refractivity (Wildman–Crippen MR) is 81.4 cm³/mol. The van der Waals surface area contributed by atoms with Gasteiger partial charge in [-0.2, -0.15) is 0 Å². The number of benzene rings is 1. The molecule has 21 heavy (non-hydrogen) atoms. The number of aryl methyl sites for hydroxylation is 1. The van der Waals surface area contributed by atoms with Crippen molar-refractivity contribution in [3.8, 4) is 0 Å². The average molecular weight is 308 g/mol. The molecule has 0 saturated carbocycles. The van der Waals surface area contributed by atoms with Gasteiger partial charge >= 0.3 is 6.03 Å². The Hall–Kier alpha value is -1.75. The summed E-state index contributed by atoms with van der Waals surface area (Å²) in [7, 11) is 0. The Morgan fingerprint density at radius 3 is 3.05 bits per heavy atom. The van der Waals surface area contributed by atoms with Gasteiger partial charge in [0.1, 0.15) is 0 Å². The maximum absolute atomic E-state index is 12.5. The van der Waals surface area contributed by atoms with Crippen LogP contribution in [0.5, 0.6) is 0 Å². The number of nitrogens with zero attached hydrogens (tertiary/aromatic N) is 1. The van der Waals surface area contributed by atoms with Crippen molar-refractivity contribution in [1.82, 2.24) is 10.2 Å². The van der Waals surface area contributed by atoms with Gasteiger partial charge in [0.2, 0.25) is 5.91 Å². The van der Waals surface area contributed by atoms with Crippen LogP contribution in [0.25, 0.3) is 0 Å². The molecule has 0 radical (unpaired) electrons. The smallest absolute Gasteiger partial charge is 0.322 e. The van der Waals surface area contributed by atoms with Gasteiger partial charge in [-0.15, -0.1) is 0 Å². The van der Waals surface area contributed by atoms with Crippen molar-refractivity contribution in [3.63, 3.8) is 0 Å². The molecule has 1 aromatic carbocycles. The third-order valence-electron chi connectivity index (χ3n) is 4.23. The van der Waals surface area contributed by atoms with E-state index in [0.717, 1.165) is 18.4 Å². The van der Waals surface area contributed by atoms with Crippen molar-refractivity contribution in [1.29, 1.82) is 0 Å². The molecule has 2 fully saturated rings. The van der Waals surface area contributed by atoms with Crippen molar-refractivity contribution < 1.29 is 9.59 Å². The Labute approximate surface area is 128 Å². The lowest BCUT2D eigenvalue weighted by molar-refractivity contribution is -0.123. The van der Waals surface area contributed by atoms with Gasteiger partial charge in [-0.05, 0) is 37.5 Å². The summed E-state index contributed by atoms with van der Waals surface area (Å²) in [4.78, 5) is 26.0. The molecule has 2 aliphatic heterocycles. The van der Waals surface area contributed by atoms with Crippen LogP contribution in [0.3, 0.4) is 0 Å². The highest BCUT2D eigenvalue weighted by Gasteiger charge is 2.42. The first-order chi connectivity index (χ1) is 10.1. The number of fused-ring (bicyclic) bond motifs is 1. The van der Waals surface area contributed by atoms with Crippen LogP contribution in [0.1, 0.15) is 18.4 Å². The number of carbonyl (C=O) groups excluding carboxylic acids is 2. The summed E-state index contributed by atoms with van der Waals surface area (Å²) in [6.07, 6.45) is 1.70. The number of hydrogen-bond acceptors (Lipinski definition) is 2. The van der Waals surface area contributed by atoms with E-state index < -0.39 is 0 Å². The van der Waals surface area contributed by atoms with Crippen LogP contribution in [0.4, 0.5) is 10.5 Å². The Morgan fingerprint density at radius 1 is 1.48 bits per heavy atom. The van der Waals surface area contributed by atoms with E-state index in [1.165, 1.54) is 0 Å². The van der Waals surface area contributed by atoms with Gasteiger partial charge < -0.3 is 15.5 Å². The van der Waals surface area contributed by atoms with Gasteiger partial charge in [-0.1, -0.05) is 17.7 Å². The standard InChI is InChI=1S/C15H18ClN3O2/c1-9-4-5-12(11(16)7-9)18-15(21)19-6-2-3-10-13(19)8-17-14(10)20/h4-5,7,10,13H,2-3,6,8H2,1H3,(H,17,20)(H,18,21)/t10-,13+/m0/s1. The SMILES string of the molecule is Cc1ccc(NC(=O)N2CCC[C@@H]3C(=O)NC[C@H]32)c(Cl)c1. The highest BCUT2D eigenvalue weighted by Crippen LogP contribution is 2.29. The Bertz CT molecular complexity index is 590. The molecule has 3 amide bonds. The minimum Gasteiger partial charge on any atom is -0.354 e. The normalized spacial score (nSPS) is 24.5. The molecule has 2 heterocycles. The van der Waals surface area contributed by atoms with Gasteiger partial charge in [0.15, 0.2) is 0 Å². The second-order valence-electron chi connectivity index (χ2n) is 5.67. The molecule has 0 unspecified atom stereocenters. The second-order valence-corrected chi connectivity index (χ2v) is 6.08. The highest BCUT2D eigenvalue weighted by molar-refractivity contribution is 6.33. The van der Waals surface area contributed by atoms with Gasteiger partial charge in [0.05, 0.1) is 22.7 Å². The maximum Gasteiger partial charge on any atom is 0.322 e. The molecule has 3 rings (SSSR count). The van der Waals surface area contributed by atoms with Crippen LogP contribution in [0, 0.1) is 12.8 Å². The van der Waals surface area contributed by atoms with Crippen LogP contribution in [-0.2, 0) is 4.79 Å². The first-order valence-corrected chi connectivity index (χ1v) is 7.55. The topological polar surface area (TPSA) is 61.4 Å². The molecular formula is C15H18ClN3O2. The van der Waals surface area contributed by atoms with Crippen LogP contribution in [0.15, 0.2) is 18.2 Å². The maximum atomic E-state index is 12.5. The second kappa shape index (κ2) is 5.56. The van der Waals surface area contributed by atoms with Crippen LogP contribution >= 0.6 is 11.6 Å². The zero-order valence-electron chi connectivity index (χ0n) is 11.9. The van der Waals surface area contributed by atoms with Crippen LogP contribution in [0.2, 0.25) is 5.02 Å². The largest absolute Gasteiger partial charge is 0.354 e. The fraction of sp³-hybridized carbons (Fsp3) is 0.467. The number of carbonyl (C=O) groups is 2. The number of likely N-dealkylation sites (tertiary alicyclic amines) is 1. The van der Waals surface area contributed by atoms with Gasteiger partial charge in [-0.25, -0.2) is 4.79 Å². The third-order valence-corrected chi connectivity index (χ3v) is 4.54. The van der Waals surface area contributed by atoms with Crippen molar-refractivity contribution in [2.45, 2.75) is 25.8 Å². The molecule has 2 saturated heterocycles. The number of piperidine rings is 1. The van der Waals surface area contributed by atoms with E-state index >= 15 is 0 Å². The number of hydrogen-bond donors (Lipinski definition) is 2. The van der Waals surface area contributed by atoms with Gasteiger partial charge in [0.25, 0.3) is 0 Å².